The Morgan fingerprint density at radius 1 is 0.811 bits per heavy atom. The second kappa shape index (κ2) is 12.9. The van der Waals surface area contributed by atoms with Crippen molar-refractivity contribution in [3.05, 3.63) is 82.9 Å². The van der Waals surface area contributed by atoms with Crippen LogP contribution in [0.25, 0.3) is 0 Å². The van der Waals surface area contributed by atoms with Crippen LogP contribution in [0.5, 0.6) is 11.5 Å². The molecule has 37 heavy (non-hydrogen) atoms. The van der Waals surface area contributed by atoms with Gasteiger partial charge in [0, 0.05) is 11.4 Å². The number of hydrogen-bond acceptors (Lipinski definition) is 6. The molecule has 3 rings (SSSR count). The molecule has 0 aliphatic carbocycles. The van der Waals surface area contributed by atoms with Gasteiger partial charge in [0.1, 0.15) is 0 Å². The summed E-state index contributed by atoms with van der Waals surface area (Å²) in [5.41, 5.74) is 7.14. The maximum absolute atomic E-state index is 12.4. The number of nitrogens with one attached hydrogen (secondary N) is 3. The van der Waals surface area contributed by atoms with Gasteiger partial charge >= 0.3 is 11.8 Å². The van der Waals surface area contributed by atoms with Gasteiger partial charge in [-0.05, 0) is 75.2 Å². The van der Waals surface area contributed by atoms with Crippen LogP contribution < -0.4 is 25.5 Å². The van der Waals surface area contributed by atoms with E-state index >= 15 is 0 Å². The molecule has 0 saturated heterocycles. The average Bonchev–Trinajstić information content (AvgIpc) is 2.86. The third-order valence-corrected chi connectivity index (χ3v) is 5.18. The highest BCUT2D eigenvalue weighted by Gasteiger charge is 2.13. The highest BCUT2D eigenvalue weighted by Crippen LogP contribution is 2.28. The van der Waals surface area contributed by atoms with Crippen LogP contribution in [-0.4, -0.2) is 37.1 Å². The molecule has 3 aromatic rings. The number of nitrogens with zero attached hydrogens (tertiary/aromatic N) is 1. The molecule has 0 fully saturated rings. The number of anilines is 2. The van der Waals surface area contributed by atoms with Crippen LogP contribution in [-0.2, 0) is 14.4 Å². The average molecular weight is 503 g/mol. The van der Waals surface area contributed by atoms with E-state index < -0.39 is 11.8 Å². The third kappa shape index (κ3) is 8.21. The Kier molecular flexibility index (Phi) is 9.37. The minimum absolute atomic E-state index is 0.201. The van der Waals surface area contributed by atoms with E-state index in [4.69, 9.17) is 9.47 Å². The number of benzene rings is 3. The van der Waals surface area contributed by atoms with Crippen molar-refractivity contribution >= 4 is 35.3 Å². The molecule has 0 bridgehead atoms. The summed E-state index contributed by atoms with van der Waals surface area (Å²) in [4.78, 5) is 36.4. The number of rotatable bonds is 9. The van der Waals surface area contributed by atoms with Crippen LogP contribution in [0.4, 0.5) is 11.4 Å². The molecule has 0 radical (unpaired) electrons. The van der Waals surface area contributed by atoms with Gasteiger partial charge in [-0.25, -0.2) is 5.43 Å². The van der Waals surface area contributed by atoms with Gasteiger partial charge in [0.2, 0.25) is 0 Å². The van der Waals surface area contributed by atoms with E-state index in [1.807, 2.05) is 58.0 Å². The van der Waals surface area contributed by atoms with Crippen LogP contribution in [0.2, 0.25) is 0 Å². The maximum atomic E-state index is 12.4. The first kappa shape index (κ1) is 26.9. The largest absolute Gasteiger partial charge is 0.490 e. The minimum atomic E-state index is -0.906. The van der Waals surface area contributed by atoms with E-state index in [0.717, 1.165) is 22.4 Å². The predicted octanol–water partition coefficient (Wildman–Crippen LogP) is 4.12. The second-order valence-corrected chi connectivity index (χ2v) is 8.31. The molecule has 0 unspecified atom stereocenters. The van der Waals surface area contributed by atoms with Gasteiger partial charge in [-0.1, -0.05) is 35.4 Å². The minimum Gasteiger partial charge on any atom is -0.490 e. The SMILES string of the molecule is CCOc1cc(/C=N\NC(=O)C(=O)Nc2ccc(C)cc2)ccc1OCC(=O)Nc1ccc(C)cc1C. The number of hydrazone groups is 1. The molecule has 0 spiro atoms. The fourth-order valence-corrected chi connectivity index (χ4v) is 3.32. The lowest BCUT2D eigenvalue weighted by Crippen LogP contribution is -2.32. The van der Waals surface area contributed by atoms with Gasteiger partial charge in [-0.2, -0.15) is 5.10 Å². The highest BCUT2D eigenvalue weighted by molar-refractivity contribution is 6.39. The lowest BCUT2D eigenvalue weighted by atomic mass is 10.1. The van der Waals surface area contributed by atoms with Crippen LogP contribution in [0.15, 0.2) is 65.8 Å². The first-order chi connectivity index (χ1) is 17.7. The molecule has 9 heteroatoms. The molecular formula is C28H30N4O5. The fourth-order valence-electron chi connectivity index (χ4n) is 3.32. The Labute approximate surface area is 215 Å². The van der Waals surface area contributed by atoms with Crippen molar-refractivity contribution in [1.29, 1.82) is 0 Å². The summed E-state index contributed by atoms with van der Waals surface area (Å²) in [6.07, 6.45) is 1.37. The molecule has 3 amide bonds. The Hall–Kier alpha value is -4.66. The topological polar surface area (TPSA) is 118 Å². The molecule has 3 aromatic carbocycles. The summed E-state index contributed by atoms with van der Waals surface area (Å²) >= 11 is 0. The van der Waals surface area contributed by atoms with Crippen LogP contribution >= 0.6 is 0 Å². The zero-order chi connectivity index (χ0) is 26.8. The number of carbonyl (C=O) groups excluding carboxylic acids is 3. The van der Waals surface area contributed by atoms with Crippen LogP contribution in [0.1, 0.15) is 29.2 Å². The number of ether oxygens (including phenoxy) is 2. The van der Waals surface area contributed by atoms with Crippen molar-refractivity contribution in [2.24, 2.45) is 5.10 Å². The first-order valence-electron chi connectivity index (χ1n) is 11.7. The van der Waals surface area contributed by atoms with Gasteiger partial charge < -0.3 is 20.1 Å². The summed E-state index contributed by atoms with van der Waals surface area (Å²) in [5.74, 6) is -1.24. The molecule has 0 saturated carbocycles. The van der Waals surface area contributed by atoms with E-state index in [9.17, 15) is 14.4 Å². The Morgan fingerprint density at radius 3 is 2.24 bits per heavy atom. The van der Waals surface area contributed by atoms with E-state index in [2.05, 4.69) is 21.2 Å². The lowest BCUT2D eigenvalue weighted by molar-refractivity contribution is -0.136. The molecule has 0 aromatic heterocycles. The first-order valence-corrected chi connectivity index (χ1v) is 11.7. The van der Waals surface area contributed by atoms with E-state index in [1.165, 1.54) is 6.21 Å². The Morgan fingerprint density at radius 2 is 1.54 bits per heavy atom. The smallest absolute Gasteiger partial charge is 0.329 e. The van der Waals surface area contributed by atoms with Gasteiger partial charge in [-0.3, -0.25) is 14.4 Å². The summed E-state index contributed by atoms with van der Waals surface area (Å²) in [7, 11) is 0. The number of amides is 3. The molecule has 3 N–H and O–H groups in total. The Balaban J connectivity index is 1.56. The van der Waals surface area contributed by atoms with Crippen LogP contribution in [0, 0.1) is 20.8 Å². The summed E-state index contributed by atoms with van der Waals surface area (Å²) in [5, 5.41) is 9.18. The van der Waals surface area contributed by atoms with Crippen molar-refractivity contribution in [2.45, 2.75) is 27.7 Å². The van der Waals surface area contributed by atoms with Crippen molar-refractivity contribution in [1.82, 2.24) is 5.43 Å². The maximum Gasteiger partial charge on any atom is 0.329 e. The highest BCUT2D eigenvalue weighted by atomic mass is 16.5. The fraction of sp³-hybridized carbons (Fsp3) is 0.214. The normalized spacial score (nSPS) is 10.6. The van der Waals surface area contributed by atoms with E-state index in [-0.39, 0.29) is 12.5 Å². The molecule has 0 atom stereocenters. The summed E-state index contributed by atoms with van der Waals surface area (Å²) in [6.45, 7) is 7.84. The second-order valence-electron chi connectivity index (χ2n) is 8.31. The number of hydrogen-bond donors (Lipinski definition) is 3. The summed E-state index contributed by atoms with van der Waals surface area (Å²) < 4.78 is 11.3. The van der Waals surface area contributed by atoms with Crippen LogP contribution in [0.3, 0.4) is 0 Å². The Bertz CT molecular complexity index is 1300. The molecule has 9 nitrogen and oxygen atoms in total. The van der Waals surface area contributed by atoms with E-state index in [0.29, 0.717) is 29.4 Å². The van der Waals surface area contributed by atoms with Gasteiger partial charge in [0.25, 0.3) is 5.91 Å². The van der Waals surface area contributed by atoms with Crippen molar-refractivity contribution in [2.75, 3.05) is 23.8 Å². The monoisotopic (exact) mass is 502 g/mol. The predicted molar refractivity (Wildman–Crippen MR) is 143 cm³/mol. The van der Waals surface area contributed by atoms with E-state index in [1.54, 1.807) is 30.3 Å². The van der Waals surface area contributed by atoms with Gasteiger partial charge in [-0.15, -0.1) is 0 Å². The summed E-state index contributed by atoms with van der Waals surface area (Å²) in [6, 6.07) is 17.8. The molecule has 0 aliphatic heterocycles. The lowest BCUT2D eigenvalue weighted by Gasteiger charge is -2.13. The van der Waals surface area contributed by atoms with Gasteiger partial charge in [0.05, 0.1) is 12.8 Å². The number of carbonyl (C=O) groups is 3. The third-order valence-electron chi connectivity index (χ3n) is 5.18. The van der Waals surface area contributed by atoms with Crippen molar-refractivity contribution < 1.29 is 23.9 Å². The zero-order valence-corrected chi connectivity index (χ0v) is 21.3. The van der Waals surface area contributed by atoms with Crippen molar-refractivity contribution in [3.8, 4) is 11.5 Å². The zero-order valence-electron chi connectivity index (χ0n) is 21.3. The van der Waals surface area contributed by atoms with Gasteiger partial charge in [0.15, 0.2) is 18.1 Å². The quantitative estimate of drug-likeness (QED) is 0.231. The molecule has 0 heterocycles. The molecule has 0 aliphatic rings. The molecule has 192 valence electrons. The molecular weight excluding hydrogens is 472 g/mol. The standard InChI is InChI=1S/C28H30N4O5/c1-5-36-25-15-21(16-29-32-28(35)27(34)30-22-10-6-18(2)7-11-22)9-13-24(25)37-17-26(33)31-23-12-8-19(3)14-20(23)4/h6-16H,5,17H2,1-4H3,(H,30,34)(H,31,33)(H,32,35)/b29-16-. The van der Waals surface area contributed by atoms with Crippen molar-refractivity contribution in [3.63, 3.8) is 0 Å². The number of aryl methyl sites for hydroxylation is 3.